The van der Waals surface area contributed by atoms with Gasteiger partial charge in [-0.1, -0.05) is 6.07 Å². The first-order valence-electron chi connectivity index (χ1n) is 6.15. The van der Waals surface area contributed by atoms with Gasteiger partial charge in [0.25, 0.3) is 0 Å². The number of hydrogen-bond donors (Lipinski definition) is 1. The maximum atomic E-state index is 13.6. The lowest BCUT2D eigenvalue weighted by molar-refractivity contribution is 0.520. The molecule has 1 unspecified atom stereocenters. The molecule has 1 heterocycles. The summed E-state index contributed by atoms with van der Waals surface area (Å²) >= 11 is 1.63. The second-order valence-electron chi connectivity index (χ2n) is 4.47. The van der Waals surface area contributed by atoms with Crippen molar-refractivity contribution in [2.45, 2.75) is 26.3 Å². The predicted molar refractivity (Wildman–Crippen MR) is 73.3 cm³/mol. The second kappa shape index (κ2) is 6.21. The molecule has 1 N–H and O–H groups in total. The van der Waals surface area contributed by atoms with E-state index in [9.17, 15) is 8.78 Å². The smallest absolute Gasteiger partial charge is 0.130 e. The molecule has 1 atom stereocenters. The fraction of sp³-hybridized carbons (Fsp3) is 0.357. The fourth-order valence-corrected chi connectivity index (χ4v) is 2.65. The Balaban J connectivity index is 1.88. The van der Waals surface area contributed by atoms with Gasteiger partial charge in [0.15, 0.2) is 0 Å². The number of thiazole rings is 1. The van der Waals surface area contributed by atoms with E-state index in [0.717, 1.165) is 23.2 Å². The zero-order valence-electron chi connectivity index (χ0n) is 10.9. The highest BCUT2D eigenvalue weighted by molar-refractivity contribution is 7.09. The molecule has 2 rings (SSSR count). The second-order valence-corrected chi connectivity index (χ2v) is 5.42. The summed E-state index contributed by atoms with van der Waals surface area (Å²) in [5.41, 5.74) is 1.51. The van der Waals surface area contributed by atoms with Crippen LogP contribution in [0.25, 0.3) is 0 Å². The van der Waals surface area contributed by atoms with E-state index in [0.29, 0.717) is 12.1 Å². The summed E-state index contributed by atoms with van der Waals surface area (Å²) in [6.07, 6.45) is 0.811. The number of hydrogen-bond acceptors (Lipinski definition) is 3. The first-order chi connectivity index (χ1) is 9.06. The van der Waals surface area contributed by atoms with Gasteiger partial charge in [-0.3, -0.25) is 0 Å². The van der Waals surface area contributed by atoms with E-state index in [4.69, 9.17) is 0 Å². The van der Waals surface area contributed by atoms with Crippen LogP contribution >= 0.6 is 11.3 Å². The third-order valence-corrected chi connectivity index (χ3v) is 3.91. The standard InChI is InChI=1S/C14H16F2N2S/c1-9-8-19-14(18-9)5-6-17-10(2)12-4-3-11(15)7-13(12)16/h3-4,7-8,10,17H,5-6H2,1-2H3. The molecule has 0 saturated carbocycles. The van der Waals surface area contributed by atoms with Crippen LogP contribution in [-0.2, 0) is 6.42 Å². The van der Waals surface area contributed by atoms with Crippen LogP contribution in [0.1, 0.15) is 29.2 Å². The monoisotopic (exact) mass is 282 g/mol. The molecule has 0 bridgehead atoms. The number of nitrogens with one attached hydrogen (secondary N) is 1. The summed E-state index contributed by atoms with van der Waals surface area (Å²) in [6.45, 7) is 4.54. The van der Waals surface area contributed by atoms with Crippen LogP contribution in [0.15, 0.2) is 23.6 Å². The lowest BCUT2D eigenvalue weighted by atomic mass is 10.1. The van der Waals surface area contributed by atoms with Crippen molar-refractivity contribution in [3.63, 3.8) is 0 Å². The molecular formula is C14H16F2N2S. The molecule has 0 fully saturated rings. The molecule has 1 aromatic carbocycles. The number of aryl methyl sites for hydroxylation is 1. The first kappa shape index (κ1) is 14.1. The molecule has 5 heteroatoms. The average Bonchev–Trinajstić information content (AvgIpc) is 2.75. The zero-order chi connectivity index (χ0) is 13.8. The van der Waals surface area contributed by atoms with Gasteiger partial charge < -0.3 is 5.32 Å². The van der Waals surface area contributed by atoms with E-state index < -0.39 is 11.6 Å². The molecule has 0 amide bonds. The van der Waals surface area contributed by atoms with Crippen LogP contribution < -0.4 is 5.32 Å². The number of nitrogens with zero attached hydrogens (tertiary/aromatic N) is 1. The summed E-state index contributed by atoms with van der Waals surface area (Å²) in [7, 11) is 0. The van der Waals surface area contributed by atoms with Crippen molar-refractivity contribution in [2.24, 2.45) is 0 Å². The molecular weight excluding hydrogens is 266 g/mol. The number of aromatic nitrogens is 1. The Labute approximate surface area is 115 Å². The Bertz CT molecular complexity index is 554. The molecule has 0 aliphatic rings. The summed E-state index contributed by atoms with van der Waals surface area (Å²) in [4.78, 5) is 4.36. The molecule has 0 saturated heterocycles. The third kappa shape index (κ3) is 3.81. The van der Waals surface area contributed by atoms with E-state index in [1.165, 1.54) is 12.1 Å². The largest absolute Gasteiger partial charge is 0.310 e. The Morgan fingerprint density at radius 3 is 2.79 bits per heavy atom. The van der Waals surface area contributed by atoms with Gasteiger partial charge in [0.2, 0.25) is 0 Å². The van der Waals surface area contributed by atoms with Gasteiger partial charge in [0, 0.05) is 41.7 Å². The quantitative estimate of drug-likeness (QED) is 0.906. The van der Waals surface area contributed by atoms with Gasteiger partial charge in [-0.05, 0) is 19.9 Å². The maximum Gasteiger partial charge on any atom is 0.130 e. The summed E-state index contributed by atoms with van der Waals surface area (Å²) in [5.74, 6) is -1.06. The number of rotatable bonds is 5. The van der Waals surface area contributed by atoms with Crippen molar-refractivity contribution < 1.29 is 8.78 Å². The maximum absolute atomic E-state index is 13.6. The van der Waals surface area contributed by atoms with Crippen LogP contribution in [0.4, 0.5) is 8.78 Å². The van der Waals surface area contributed by atoms with Gasteiger partial charge in [-0.2, -0.15) is 0 Å². The van der Waals surface area contributed by atoms with E-state index in [-0.39, 0.29) is 6.04 Å². The van der Waals surface area contributed by atoms with Crippen molar-refractivity contribution in [3.05, 3.63) is 51.5 Å². The molecule has 1 aromatic heterocycles. The number of halogens is 2. The van der Waals surface area contributed by atoms with Gasteiger partial charge in [-0.25, -0.2) is 13.8 Å². The Morgan fingerprint density at radius 1 is 1.37 bits per heavy atom. The summed E-state index contributed by atoms with van der Waals surface area (Å²) in [5, 5.41) is 6.30. The van der Waals surface area contributed by atoms with E-state index in [2.05, 4.69) is 10.3 Å². The third-order valence-electron chi connectivity index (χ3n) is 2.88. The Hall–Kier alpha value is -1.33. The minimum Gasteiger partial charge on any atom is -0.310 e. The highest BCUT2D eigenvalue weighted by Gasteiger charge is 2.11. The Kier molecular flexibility index (Phi) is 4.61. The van der Waals surface area contributed by atoms with E-state index in [1.54, 1.807) is 11.3 Å². The van der Waals surface area contributed by atoms with Crippen LogP contribution in [0.3, 0.4) is 0 Å². The summed E-state index contributed by atoms with van der Waals surface area (Å²) in [6, 6.07) is 3.52. The van der Waals surface area contributed by atoms with E-state index in [1.807, 2.05) is 19.2 Å². The van der Waals surface area contributed by atoms with Gasteiger partial charge in [-0.15, -0.1) is 11.3 Å². The molecule has 0 aliphatic heterocycles. The van der Waals surface area contributed by atoms with Crippen molar-refractivity contribution in [2.75, 3.05) is 6.54 Å². The molecule has 2 nitrogen and oxygen atoms in total. The average molecular weight is 282 g/mol. The lowest BCUT2D eigenvalue weighted by Gasteiger charge is -2.14. The van der Waals surface area contributed by atoms with Crippen LogP contribution in [0, 0.1) is 18.6 Å². The summed E-state index contributed by atoms with van der Waals surface area (Å²) < 4.78 is 26.4. The predicted octanol–water partition coefficient (Wildman–Crippen LogP) is 3.62. The topological polar surface area (TPSA) is 24.9 Å². The highest BCUT2D eigenvalue weighted by atomic mass is 32.1. The highest BCUT2D eigenvalue weighted by Crippen LogP contribution is 2.17. The van der Waals surface area contributed by atoms with Crippen LogP contribution in [-0.4, -0.2) is 11.5 Å². The normalized spacial score (nSPS) is 12.6. The molecule has 0 radical (unpaired) electrons. The van der Waals surface area contributed by atoms with Crippen molar-refractivity contribution in [1.29, 1.82) is 0 Å². The zero-order valence-corrected chi connectivity index (χ0v) is 11.7. The van der Waals surface area contributed by atoms with Gasteiger partial charge in [0.05, 0.1) is 5.01 Å². The molecule has 102 valence electrons. The lowest BCUT2D eigenvalue weighted by Crippen LogP contribution is -2.22. The minimum atomic E-state index is -0.549. The number of benzene rings is 1. The molecule has 0 aliphatic carbocycles. The SMILES string of the molecule is Cc1csc(CCNC(C)c2ccc(F)cc2F)n1. The minimum absolute atomic E-state index is 0.151. The molecule has 0 spiro atoms. The molecule has 19 heavy (non-hydrogen) atoms. The van der Waals surface area contributed by atoms with E-state index >= 15 is 0 Å². The van der Waals surface area contributed by atoms with Gasteiger partial charge in [0.1, 0.15) is 11.6 Å². The van der Waals surface area contributed by atoms with Gasteiger partial charge >= 0.3 is 0 Å². The van der Waals surface area contributed by atoms with Crippen molar-refractivity contribution in [3.8, 4) is 0 Å². The Morgan fingerprint density at radius 2 is 2.16 bits per heavy atom. The fourth-order valence-electron chi connectivity index (χ4n) is 1.88. The van der Waals surface area contributed by atoms with Crippen molar-refractivity contribution in [1.82, 2.24) is 10.3 Å². The molecule has 2 aromatic rings. The first-order valence-corrected chi connectivity index (χ1v) is 7.03. The van der Waals surface area contributed by atoms with Crippen molar-refractivity contribution >= 4 is 11.3 Å². The van der Waals surface area contributed by atoms with Crippen LogP contribution in [0.2, 0.25) is 0 Å². The van der Waals surface area contributed by atoms with Crippen LogP contribution in [0.5, 0.6) is 0 Å².